The van der Waals surface area contributed by atoms with E-state index in [1.807, 2.05) is 27.8 Å². The lowest BCUT2D eigenvalue weighted by Crippen LogP contribution is -2.27. The van der Waals surface area contributed by atoms with Gasteiger partial charge in [0.25, 0.3) is 0 Å². The summed E-state index contributed by atoms with van der Waals surface area (Å²) in [5, 5.41) is 3.21. The number of rotatable bonds is 5. The van der Waals surface area contributed by atoms with Gasteiger partial charge in [-0.1, -0.05) is 27.7 Å². The number of hydrogen-bond acceptors (Lipinski definition) is 2. The first-order chi connectivity index (χ1) is 5.91. The van der Waals surface area contributed by atoms with E-state index in [4.69, 9.17) is 0 Å². The summed E-state index contributed by atoms with van der Waals surface area (Å²) in [5.41, 5.74) is -0.175. The Hall–Kier alpha value is -0.370. The van der Waals surface area contributed by atoms with Crippen LogP contribution < -0.4 is 5.32 Å². The molecular weight excluding hydrogens is 162 g/mol. The summed E-state index contributed by atoms with van der Waals surface area (Å²) in [5.74, 6) is 0.362. The summed E-state index contributed by atoms with van der Waals surface area (Å²) in [6.45, 7) is 8.09. The average Bonchev–Trinajstić information content (AvgIpc) is 2.04. The van der Waals surface area contributed by atoms with E-state index in [0.29, 0.717) is 18.2 Å². The first-order valence-electron chi connectivity index (χ1n) is 5.12. The molecule has 0 aromatic carbocycles. The van der Waals surface area contributed by atoms with Crippen LogP contribution >= 0.6 is 0 Å². The van der Waals surface area contributed by atoms with Gasteiger partial charge in [-0.15, -0.1) is 0 Å². The molecular formula is C11H23NO. The van der Waals surface area contributed by atoms with Gasteiger partial charge in [-0.3, -0.25) is 4.79 Å². The molecule has 0 aliphatic carbocycles. The van der Waals surface area contributed by atoms with Crippen LogP contribution in [0, 0.1) is 5.41 Å². The second-order valence-corrected chi connectivity index (χ2v) is 4.61. The van der Waals surface area contributed by atoms with Gasteiger partial charge in [-0.2, -0.15) is 0 Å². The van der Waals surface area contributed by atoms with E-state index in [2.05, 4.69) is 12.2 Å². The van der Waals surface area contributed by atoms with Crippen molar-refractivity contribution in [3.8, 4) is 0 Å². The Kier molecular flexibility index (Phi) is 5.23. The summed E-state index contributed by atoms with van der Waals surface area (Å²) in [7, 11) is 1.95. The number of ketones is 1. The maximum atomic E-state index is 11.6. The first-order valence-corrected chi connectivity index (χ1v) is 5.12. The van der Waals surface area contributed by atoms with Crippen LogP contribution in [0.5, 0.6) is 0 Å². The highest BCUT2D eigenvalue weighted by molar-refractivity contribution is 5.83. The first kappa shape index (κ1) is 12.6. The summed E-state index contributed by atoms with van der Waals surface area (Å²) in [4.78, 5) is 11.6. The van der Waals surface area contributed by atoms with E-state index in [1.54, 1.807) is 0 Å². The smallest absolute Gasteiger partial charge is 0.138 e. The van der Waals surface area contributed by atoms with E-state index < -0.39 is 0 Å². The molecule has 1 atom stereocenters. The summed E-state index contributed by atoms with van der Waals surface area (Å²) in [6.07, 6.45) is 2.75. The van der Waals surface area contributed by atoms with Crippen LogP contribution in [-0.2, 0) is 4.79 Å². The van der Waals surface area contributed by atoms with Crippen molar-refractivity contribution in [1.29, 1.82) is 0 Å². The van der Waals surface area contributed by atoms with E-state index >= 15 is 0 Å². The summed E-state index contributed by atoms with van der Waals surface area (Å²) in [6, 6.07) is 0.492. The number of carbonyl (C=O) groups excluding carboxylic acids is 1. The maximum absolute atomic E-state index is 11.6. The summed E-state index contributed by atoms with van der Waals surface area (Å²) >= 11 is 0. The van der Waals surface area contributed by atoms with E-state index in [1.165, 1.54) is 0 Å². The number of hydrogen-bond donors (Lipinski definition) is 1. The van der Waals surface area contributed by atoms with Crippen molar-refractivity contribution < 1.29 is 4.79 Å². The third-order valence-corrected chi connectivity index (χ3v) is 2.46. The minimum Gasteiger partial charge on any atom is -0.317 e. The number of Topliss-reactive ketones (excluding diaryl/α,β-unsaturated/α-hetero) is 1. The van der Waals surface area contributed by atoms with Crippen LogP contribution in [0.3, 0.4) is 0 Å². The number of nitrogens with one attached hydrogen (secondary N) is 1. The maximum Gasteiger partial charge on any atom is 0.138 e. The van der Waals surface area contributed by atoms with Gasteiger partial charge in [0.2, 0.25) is 0 Å². The highest BCUT2D eigenvalue weighted by Gasteiger charge is 2.21. The molecule has 0 aliphatic rings. The fourth-order valence-electron chi connectivity index (χ4n) is 1.23. The van der Waals surface area contributed by atoms with Gasteiger partial charge in [0.05, 0.1) is 0 Å². The van der Waals surface area contributed by atoms with E-state index in [9.17, 15) is 4.79 Å². The molecule has 2 heteroatoms. The van der Waals surface area contributed by atoms with E-state index in [-0.39, 0.29) is 5.41 Å². The fraction of sp³-hybridized carbons (Fsp3) is 0.909. The quantitative estimate of drug-likeness (QED) is 0.712. The minimum atomic E-state index is -0.175. The van der Waals surface area contributed by atoms with Gasteiger partial charge in [0.15, 0.2) is 0 Å². The highest BCUT2D eigenvalue weighted by Crippen LogP contribution is 2.18. The molecule has 0 aliphatic heterocycles. The minimum absolute atomic E-state index is 0.175. The average molecular weight is 185 g/mol. The zero-order chi connectivity index (χ0) is 10.5. The lowest BCUT2D eigenvalue weighted by molar-refractivity contribution is -0.126. The molecule has 0 saturated heterocycles. The molecule has 0 amide bonds. The lowest BCUT2D eigenvalue weighted by atomic mass is 9.87. The molecule has 0 spiro atoms. The molecule has 0 aromatic rings. The Morgan fingerprint density at radius 1 is 1.38 bits per heavy atom. The Balaban J connectivity index is 3.82. The van der Waals surface area contributed by atoms with Gasteiger partial charge in [-0.25, -0.2) is 0 Å². The lowest BCUT2D eigenvalue weighted by Gasteiger charge is -2.19. The predicted octanol–water partition coefficient (Wildman–Crippen LogP) is 2.38. The molecule has 0 bridgehead atoms. The van der Waals surface area contributed by atoms with Gasteiger partial charge < -0.3 is 5.32 Å². The Morgan fingerprint density at radius 3 is 2.23 bits per heavy atom. The van der Waals surface area contributed by atoms with Crippen molar-refractivity contribution in [2.45, 2.75) is 53.0 Å². The zero-order valence-electron chi connectivity index (χ0n) is 9.61. The largest absolute Gasteiger partial charge is 0.317 e. The molecule has 0 radical (unpaired) electrons. The van der Waals surface area contributed by atoms with Crippen molar-refractivity contribution in [3.63, 3.8) is 0 Å². The van der Waals surface area contributed by atoms with Gasteiger partial charge >= 0.3 is 0 Å². The van der Waals surface area contributed by atoms with Crippen molar-refractivity contribution in [1.82, 2.24) is 5.32 Å². The zero-order valence-corrected chi connectivity index (χ0v) is 9.61. The molecule has 1 unspecified atom stereocenters. The molecule has 0 heterocycles. The van der Waals surface area contributed by atoms with Crippen LogP contribution in [0.4, 0.5) is 0 Å². The second-order valence-electron chi connectivity index (χ2n) is 4.61. The molecule has 0 aromatic heterocycles. The van der Waals surface area contributed by atoms with Crippen LogP contribution in [0.2, 0.25) is 0 Å². The molecule has 78 valence electrons. The van der Waals surface area contributed by atoms with Gasteiger partial charge in [0.1, 0.15) is 5.78 Å². The van der Waals surface area contributed by atoms with Crippen molar-refractivity contribution in [2.75, 3.05) is 7.05 Å². The molecule has 13 heavy (non-hydrogen) atoms. The fourth-order valence-corrected chi connectivity index (χ4v) is 1.23. The third-order valence-electron chi connectivity index (χ3n) is 2.46. The van der Waals surface area contributed by atoms with Crippen molar-refractivity contribution >= 4 is 5.78 Å². The van der Waals surface area contributed by atoms with Gasteiger partial charge in [-0.05, 0) is 19.9 Å². The molecule has 2 nitrogen and oxygen atoms in total. The standard InChI is InChI=1S/C11H23NO/c1-6-9(12-5)7-8-10(13)11(2,3)4/h9,12H,6-8H2,1-5H3. The SMILES string of the molecule is CCC(CCC(=O)C(C)(C)C)NC. The number of carbonyl (C=O) groups is 1. The summed E-state index contributed by atoms with van der Waals surface area (Å²) < 4.78 is 0. The highest BCUT2D eigenvalue weighted by atomic mass is 16.1. The molecule has 0 saturated carbocycles. The Morgan fingerprint density at radius 2 is 1.92 bits per heavy atom. The van der Waals surface area contributed by atoms with Crippen LogP contribution in [0.15, 0.2) is 0 Å². The second kappa shape index (κ2) is 5.38. The molecule has 0 fully saturated rings. The molecule has 1 N–H and O–H groups in total. The Bertz CT molecular complexity index is 154. The third kappa shape index (κ3) is 5.04. The topological polar surface area (TPSA) is 29.1 Å². The van der Waals surface area contributed by atoms with Crippen LogP contribution in [-0.4, -0.2) is 18.9 Å². The monoisotopic (exact) mass is 185 g/mol. The van der Waals surface area contributed by atoms with Crippen molar-refractivity contribution in [3.05, 3.63) is 0 Å². The normalized spacial score (nSPS) is 14.2. The predicted molar refractivity (Wildman–Crippen MR) is 56.8 cm³/mol. The molecule has 0 rings (SSSR count). The van der Waals surface area contributed by atoms with Crippen LogP contribution in [0.25, 0.3) is 0 Å². The van der Waals surface area contributed by atoms with Crippen molar-refractivity contribution in [2.24, 2.45) is 5.41 Å². The van der Waals surface area contributed by atoms with Gasteiger partial charge in [0, 0.05) is 17.9 Å². The Labute approximate surface area is 82.1 Å². The van der Waals surface area contributed by atoms with E-state index in [0.717, 1.165) is 12.8 Å². The van der Waals surface area contributed by atoms with Crippen LogP contribution in [0.1, 0.15) is 47.0 Å².